The van der Waals surface area contributed by atoms with Crippen LogP contribution >= 0.6 is 0 Å². The van der Waals surface area contributed by atoms with Gasteiger partial charge in [-0.15, -0.1) is 0 Å². The Morgan fingerprint density at radius 1 is 1.29 bits per heavy atom. The molecule has 0 radical (unpaired) electrons. The molecule has 1 aliphatic rings. The highest BCUT2D eigenvalue weighted by atomic mass is 16.5. The fourth-order valence-electron chi connectivity index (χ4n) is 3.45. The van der Waals surface area contributed by atoms with Crippen LogP contribution in [0.2, 0.25) is 0 Å². The van der Waals surface area contributed by atoms with Crippen molar-refractivity contribution in [2.75, 3.05) is 19.7 Å². The van der Waals surface area contributed by atoms with Crippen LogP contribution in [0.5, 0.6) is 5.75 Å². The van der Waals surface area contributed by atoms with Crippen molar-refractivity contribution in [1.82, 2.24) is 14.9 Å². The maximum absolute atomic E-state index is 12.5. The summed E-state index contributed by atoms with van der Waals surface area (Å²) in [5.74, 6) is 0.872. The number of ether oxygens (including phenoxy) is 1. The highest BCUT2D eigenvalue weighted by Crippen LogP contribution is 2.28. The van der Waals surface area contributed by atoms with Crippen LogP contribution in [0.15, 0.2) is 60.9 Å². The zero-order valence-corrected chi connectivity index (χ0v) is 15.9. The second kappa shape index (κ2) is 8.13. The minimum Gasteiger partial charge on any atom is -0.494 e. The van der Waals surface area contributed by atoms with Crippen molar-refractivity contribution >= 4 is 28.6 Å². The number of fused-ring (bicyclic) bond motifs is 1. The SMILES string of the molecule is CCOc1ccc(/C=C/C(=O)N2CC=C(c3c[nH]c4ncccc34)CC2)cc1. The summed E-state index contributed by atoms with van der Waals surface area (Å²) in [4.78, 5) is 21.9. The van der Waals surface area contributed by atoms with Crippen molar-refractivity contribution in [3.8, 4) is 5.75 Å². The quantitative estimate of drug-likeness (QED) is 0.679. The van der Waals surface area contributed by atoms with E-state index in [2.05, 4.69) is 22.1 Å². The van der Waals surface area contributed by atoms with Gasteiger partial charge in [0.15, 0.2) is 0 Å². The first kappa shape index (κ1) is 18.0. The van der Waals surface area contributed by atoms with E-state index in [4.69, 9.17) is 4.74 Å². The summed E-state index contributed by atoms with van der Waals surface area (Å²) in [7, 11) is 0. The number of amides is 1. The molecule has 0 unspecified atom stereocenters. The molecule has 28 heavy (non-hydrogen) atoms. The van der Waals surface area contributed by atoms with Crippen LogP contribution in [-0.4, -0.2) is 40.5 Å². The molecule has 0 spiro atoms. The number of nitrogens with one attached hydrogen (secondary N) is 1. The zero-order chi connectivity index (χ0) is 19.3. The molecule has 0 fully saturated rings. The van der Waals surface area contributed by atoms with Crippen molar-refractivity contribution in [3.05, 3.63) is 72.1 Å². The maximum atomic E-state index is 12.5. The smallest absolute Gasteiger partial charge is 0.246 e. The van der Waals surface area contributed by atoms with Gasteiger partial charge in [-0.3, -0.25) is 4.79 Å². The molecule has 0 saturated heterocycles. The van der Waals surface area contributed by atoms with Gasteiger partial charge in [-0.05, 0) is 54.8 Å². The van der Waals surface area contributed by atoms with Crippen LogP contribution in [0.1, 0.15) is 24.5 Å². The molecule has 0 aliphatic carbocycles. The van der Waals surface area contributed by atoms with E-state index in [-0.39, 0.29) is 5.91 Å². The largest absolute Gasteiger partial charge is 0.494 e. The lowest BCUT2D eigenvalue weighted by Crippen LogP contribution is -2.33. The molecule has 1 N–H and O–H groups in total. The van der Waals surface area contributed by atoms with Crippen molar-refractivity contribution in [2.24, 2.45) is 0 Å². The number of aromatic nitrogens is 2. The monoisotopic (exact) mass is 373 g/mol. The number of hydrogen-bond donors (Lipinski definition) is 1. The standard InChI is InChI=1S/C23H23N3O2/c1-2-28-19-8-5-17(6-9-19)7-10-22(27)26-14-11-18(12-15-26)21-16-25-23-20(21)4-3-13-24-23/h3-11,13,16H,2,12,14-15H2,1H3,(H,24,25)/b10-7+. The van der Waals surface area contributed by atoms with Gasteiger partial charge in [-0.1, -0.05) is 18.2 Å². The van der Waals surface area contributed by atoms with E-state index >= 15 is 0 Å². The molecule has 4 rings (SSSR count). The molecule has 5 heteroatoms. The molecule has 3 heterocycles. The molecule has 142 valence electrons. The summed E-state index contributed by atoms with van der Waals surface area (Å²) >= 11 is 0. The average Bonchev–Trinajstić information content (AvgIpc) is 3.17. The Morgan fingerprint density at radius 2 is 2.14 bits per heavy atom. The fourth-order valence-corrected chi connectivity index (χ4v) is 3.45. The lowest BCUT2D eigenvalue weighted by atomic mass is 9.99. The number of pyridine rings is 1. The van der Waals surface area contributed by atoms with E-state index in [1.807, 2.05) is 54.4 Å². The Balaban J connectivity index is 1.40. The van der Waals surface area contributed by atoms with Crippen molar-refractivity contribution in [2.45, 2.75) is 13.3 Å². The van der Waals surface area contributed by atoms with Crippen LogP contribution in [0.3, 0.4) is 0 Å². The summed E-state index contributed by atoms with van der Waals surface area (Å²) < 4.78 is 5.44. The number of carbonyl (C=O) groups is 1. The molecule has 5 nitrogen and oxygen atoms in total. The Labute approximate surface area is 164 Å². The summed E-state index contributed by atoms with van der Waals surface area (Å²) in [6, 6.07) is 11.8. The Hall–Kier alpha value is -3.34. The van der Waals surface area contributed by atoms with Gasteiger partial charge < -0.3 is 14.6 Å². The first-order valence-electron chi connectivity index (χ1n) is 9.56. The van der Waals surface area contributed by atoms with Gasteiger partial charge in [0.05, 0.1) is 6.61 Å². The Bertz CT molecular complexity index is 1030. The first-order chi connectivity index (χ1) is 13.7. The van der Waals surface area contributed by atoms with E-state index in [1.54, 1.807) is 12.3 Å². The normalized spacial score (nSPS) is 14.5. The van der Waals surface area contributed by atoms with Gasteiger partial charge in [0.2, 0.25) is 5.91 Å². The topological polar surface area (TPSA) is 58.2 Å². The Morgan fingerprint density at radius 3 is 2.89 bits per heavy atom. The highest BCUT2D eigenvalue weighted by molar-refractivity contribution is 5.94. The summed E-state index contributed by atoms with van der Waals surface area (Å²) in [5, 5.41) is 1.13. The summed E-state index contributed by atoms with van der Waals surface area (Å²) in [6.45, 7) is 3.94. The van der Waals surface area contributed by atoms with Crippen molar-refractivity contribution in [1.29, 1.82) is 0 Å². The third-order valence-corrected chi connectivity index (χ3v) is 4.93. The second-order valence-corrected chi connectivity index (χ2v) is 6.70. The van der Waals surface area contributed by atoms with Gasteiger partial charge >= 0.3 is 0 Å². The second-order valence-electron chi connectivity index (χ2n) is 6.70. The van der Waals surface area contributed by atoms with Crippen LogP contribution in [0.4, 0.5) is 0 Å². The number of hydrogen-bond acceptors (Lipinski definition) is 3. The van der Waals surface area contributed by atoms with Crippen molar-refractivity contribution in [3.63, 3.8) is 0 Å². The minimum atomic E-state index is 0.0322. The van der Waals surface area contributed by atoms with Gasteiger partial charge in [0.1, 0.15) is 11.4 Å². The predicted molar refractivity (Wildman–Crippen MR) is 112 cm³/mol. The number of H-pyrrole nitrogens is 1. The molecule has 2 aromatic heterocycles. The van der Waals surface area contributed by atoms with Crippen LogP contribution in [0.25, 0.3) is 22.7 Å². The number of nitrogens with zero attached hydrogens (tertiary/aromatic N) is 2. The fraction of sp³-hybridized carbons (Fsp3) is 0.217. The third-order valence-electron chi connectivity index (χ3n) is 4.93. The average molecular weight is 373 g/mol. The summed E-state index contributed by atoms with van der Waals surface area (Å²) in [5.41, 5.74) is 4.32. The number of aromatic amines is 1. The van der Waals surface area contributed by atoms with E-state index in [0.717, 1.165) is 28.8 Å². The van der Waals surface area contributed by atoms with Gasteiger partial charge in [0, 0.05) is 42.5 Å². The van der Waals surface area contributed by atoms with E-state index in [9.17, 15) is 4.79 Å². The van der Waals surface area contributed by atoms with Crippen LogP contribution in [-0.2, 0) is 4.79 Å². The van der Waals surface area contributed by atoms with Crippen molar-refractivity contribution < 1.29 is 9.53 Å². The molecule has 3 aromatic rings. The maximum Gasteiger partial charge on any atom is 0.246 e. The Kier molecular flexibility index (Phi) is 5.24. The molecule has 0 saturated carbocycles. The van der Waals surface area contributed by atoms with Gasteiger partial charge in [0.25, 0.3) is 0 Å². The highest BCUT2D eigenvalue weighted by Gasteiger charge is 2.18. The molecule has 0 bridgehead atoms. The molecule has 1 aliphatic heterocycles. The summed E-state index contributed by atoms with van der Waals surface area (Å²) in [6.07, 6.45) is 10.3. The van der Waals surface area contributed by atoms with Crippen LogP contribution < -0.4 is 4.74 Å². The molecule has 1 aromatic carbocycles. The van der Waals surface area contributed by atoms with Crippen LogP contribution in [0, 0.1) is 0 Å². The lowest BCUT2D eigenvalue weighted by molar-refractivity contribution is -0.125. The third kappa shape index (κ3) is 3.83. The molecular weight excluding hydrogens is 350 g/mol. The number of rotatable bonds is 5. The lowest BCUT2D eigenvalue weighted by Gasteiger charge is -2.25. The number of benzene rings is 1. The first-order valence-corrected chi connectivity index (χ1v) is 9.56. The zero-order valence-electron chi connectivity index (χ0n) is 15.9. The minimum absolute atomic E-state index is 0.0322. The predicted octanol–water partition coefficient (Wildman–Crippen LogP) is 4.29. The molecule has 0 atom stereocenters. The van der Waals surface area contributed by atoms with E-state index in [0.29, 0.717) is 19.7 Å². The molecular formula is C23H23N3O2. The van der Waals surface area contributed by atoms with Gasteiger partial charge in [-0.25, -0.2) is 4.98 Å². The van der Waals surface area contributed by atoms with E-state index in [1.165, 1.54) is 11.1 Å². The van der Waals surface area contributed by atoms with E-state index < -0.39 is 0 Å². The number of carbonyl (C=O) groups excluding carboxylic acids is 1. The molecule has 1 amide bonds. The van der Waals surface area contributed by atoms with Gasteiger partial charge in [-0.2, -0.15) is 0 Å².